The highest BCUT2D eigenvalue weighted by Crippen LogP contribution is 2.18. The van der Waals surface area contributed by atoms with E-state index in [4.69, 9.17) is 17.3 Å². The van der Waals surface area contributed by atoms with Crippen molar-refractivity contribution in [2.45, 2.75) is 19.8 Å². The summed E-state index contributed by atoms with van der Waals surface area (Å²) in [5.41, 5.74) is 2.09. The van der Waals surface area contributed by atoms with Crippen molar-refractivity contribution in [3.8, 4) is 0 Å². The van der Waals surface area contributed by atoms with E-state index >= 15 is 0 Å². The zero-order chi connectivity index (χ0) is 16.7. The first-order chi connectivity index (χ1) is 11.1. The maximum atomic E-state index is 11.0. The van der Waals surface area contributed by atoms with E-state index in [0.29, 0.717) is 5.11 Å². The van der Waals surface area contributed by atoms with Crippen molar-refractivity contribution in [2.24, 2.45) is 0 Å². The summed E-state index contributed by atoms with van der Waals surface area (Å²) in [6.07, 6.45) is 2.05. The van der Waals surface area contributed by atoms with Crippen molar-refractivity contribution < 1.29 is 9.90 Å². The van der Waals surface area contributed by atoms with Crippen LogP contribution in [0.1, 0.15) is 30.1 Å². The molecule has 0 aromatic heterocycles. The predicted octanol–water partition coefficient (Wildman–Crippen LogP) is 4.39. The SMILES string of the molecule is CCCCN(C(=S)Nc1ccccc1)c1ccc(C(=O)O)cc1. The Hall–Kier alpha value is -2.40. The third kappa shape index (κ3) is 4.79. The van der Waals surface area contributed by atoms with Crippen molar-refractivity contribution in [3.63, 3.8) is 0 Å². The molecular formula is C18H20N2O2S. The van der Waals surface area contributed by atoms with E-state index in [1.165, 1.54) is 0 Å². The molecular weight excluding hydrogens is 308 g/mol. The highest BCUT2D eigenvalue weighted by Gasteiger charge is 2.13. The zero-order valence-electron chi connectivity index (χ0n) is 13.0. The Kier molecular flexibility index (Phi) is 6.11. The average Bonchev–Trinajstić information content (AvgIpc) is 2.56. The number of nitrogens with zero attached hydrogens (tertiary/aromatic N) is 1. The quantitative estimate of drug-likeness (QED) is 0.770. The fourth-order valence-electron chi connectivity index (χ4n) is 2.16. The summed E-state index contributed by atoms with van der Waals surface area (Å²) in [6.45, 7) is 2.90. The molecule has 0 aliphatic heterocycles. The first-order valence-corrected chi connectivity index (χ1v) is 7.99. The van der Waals surface area contributed by atoms with E-state index in [-0.39, 0.29) is 5.56 Å². The van der Waals surface area contributed by atoms with Gasteiger partial charge < -0.3 is 15.3 Å². The maximum Gasteiger partial charge on any atom is 0.335 e. The molecule has 0 saturated heterocycles. The van der Waals surface area contributed by atoms with Gasteiger partial charge in [0.05, 0.1) is 5.56 Å². The molecule has 0 bridgehead atoms. The van der Waals surface area contributed by atoms with E-state index in [2.05, 4.69) is 12.2 Å². The Labute approximate surface area is 141 Å². The number of carboxylic acid groups (broad SMARTS) is 1. The molecule has 0 radical (unpaired) electrons. The van der Waals surface area contributed by atoms with Crippen LogP contribution < -0.4 is 10.2 Å². The van der Waals surface area contributed by atoms with Gasteiger partial charge in [0.1, 0.15) is 0 Å². The zero-order valence-corrected chi connectivity index (χ0v) is 13.8. The van der Waals surface area contributed by atoms with Crippen LogP contribution >= 0.6 is 12.2 Å². The molecule has 0 heterocycles. The Morgan fingerprint density at radius 3 is 2.35 bits per heavy atom. The third-order valence-electron chi connectivity index (χ3n) is 3.43. The van der Waals surface area contributed by atoms with Crippen LogP contribution in [0.4, 0.5) is 11.4 Å². The van der Waals surface area contributed by atoms with Crippen molar-refractivity contribution >= 4 is 34.7 Å². The number of hydrogen-bond acceptors (Lipinski definition) is 2. The summed E-state index contributed by atoms with van der Waals surface area (Å²) in [5.74, 6) is -0.929. The molecule has 0 saturated carbocycles. The molecule has 23 heavy (non-hydrogen) atoms. The van der Waals surface area contributed by atoms with E-state index in [1.807, 2.05) is 35.2 Å². The molecule has 2 aromatic rings. The standard InChI is InChI=1S/C18H20N2O2S/c1-2-3-13-20(16-11-9-14(10-12-16)17(21)22)18(23)19-15-7-5-4-6-8-15/h4-12H,2-3,13H2,1H3,(H,19,23)(H,21,22). The van der Waals surface area contributed by atoms with Gasteiger partial charge in [0.15, 0.2) is 5.11 Å². The van der Waals surface area contributed by atoms with Crippen LogP contribution in [0.2, 0.25) is 0 Å². The van der Waals surface area contributed by atoms with Gasteiger partial charge in [-0.3, -0.25) is 0 Å². The maximum absolute atomic E-state index is 11.0. The van der Waals surface area contributed by atoms with Gasteiger partial charge in [0, 0.05) is 17.9 Å². The number of para-hydroxylation sites is 1. The highest BCUT2D eigenvalue weighted by molar-refractivity contribution is 7.80. The molecule has 0 aliphatic rings. The lowest BCUT2D eigenvalue weighted by Crippen LogP contribution is -2.35. The van der Waals surface area contributed by atoms with Gasteiger partial charge in [0.25, 0.3) is 0 Å². The minimum Gasteiger partial charge on any atom is -0.478 e. The molecule has 2 aromatic carbocycles. The van der Waals surface area contributed by atoms with Crippen LogP contribution in [0.15, 0.2) is 54.6 Å². The lowest BCUT2D eigenvalue weighted by atomic mass is 10.2. The summed E-state index contributed by atoms with van der Waals surface area (Å²) in [4.78, 5) is 13.0. The van der Waals surface area contributed by atoms with Gasteiger partial charge in [-0.2, -0.15) is 0 Å². The fourth-order valence-corrected chi connectivity index (χ4v) is 2.48. The monoisotopic (exact) mass is 328 g/mol. The largest absolute Gasteiger partial charge is 0.478 e. The summed E-state index contributed by atoms with van der Waals surface area (Å²) < 4.78 is 0. The summed E-state index contributed by atoms with van der Waals surface area (Å²) in [7, 11) is 0. The van der Waals surface area contributed by atoms with Gasteiger partial charge in [-0.05, 0) is 55.0 Å². The number of carbonyl (C=O) groups is 1. The number of nitrogens with one attached hydrogen (secondary N) is 1. The number of benzene rings is 2. The fraction of sp³-hybridized carbons (Fsp3) is 0.222. The molecule has 0 spiro atoms. The Morgan fingerprint density at radius 1 is 1.13 bits per heavy atom. The first kappa shape index (κ1) is 17.0. The molecule has 0 atom stereocenters. The Morgan fingerprint density at radius 2 is 1.78 bits per heavy atom. The van der Waals surface area contributed by atoms with Crippen LogP contribution in [0.25, 0.3) is 0 Å². The number of unbranched alkanes of at least 4 members (excludes halogenated alkanes) is 1. The number of anilines is 2. The van der Waals surface area contributed by atoms with E-state index in [0.717, 1.165) is 30.8 Å². The Balaban J connectivity index is 2.18. The van der Waals surface area contributed by atoms with Crippen LogP contribution in [0.3, 0.4) is 0 Å². The van der Waals surface area contributed by atoms with Gasteiger partial charge in [-0.15, -0.1) is 0 Å². The van der Waals surface area contributed by atoms with Crippen molar-refractivity contribution in [1.82, 2.24) is 0 Å². The van der Waals surface area contributed by atoms with Gasteiger partial charge in [0.2, 0.25) is 0 Å². The van der Waals surface area contributed by atoms with Crippen LogP contribution in [-0.2, 0) is 0 Å². The van der Waals surface area contributed by atoms with Crippen LogP contribution in [0.5, 0.6) is 0 Å². The van der Waals surface area contributed by atoms with Gasteiger partial charge in [-0.25, -0.2) is 4.79 Å². The lowest BCUT2D eigenvalue weighted by molar-refractivity contribution is 0.0697. The molecule has 0 fully saturated rings. The first-order valence-electron chi connectivity index (χ1n) is 7.58. The number of aromatic carboxylic acids is 1. The Bertz CT molecular complexity index is 656. The van der Waals surface area contributed by atoms with Crippen molar-refractivity contribution in [3.05, 3.63) is 60.2 Å². The molecule has 0 amide bonds. The molecule has 4 nitrogen and oxygen atoms in total. The predicted molar refractivity (Wildman–Crippen MR) is 98.3 cm³/mol. The van der Waals surface area contributed by atoms with Crippen LogP contribution in [-0.4, -0.2) is 22.7 Å². The topological polar surface area (TPSA) is 52.6 Å². The van der Waals surface area contributed by atoms with Crippen LogP contribution in [0, 0.1) is 0 Å². The number of hydrogen-bond donors (Lipinski definition) is 2. The summed E-state index contributed by atoms with van der Waals surface area (Å²) in [5, 5.41) is 12.8. The summed E-state index contributed by atoms with van der Waals surface area (Å²) >= 11 is 5.54. The molecule has 0 aliphatic carbocycles. The third-order valence-corrected chi connectivity index (χ3v) is 3.75. The average molecular weight is 328 g/mol. The molecule has 2 N–H and O–H groups in total. The number of thiocarbonyl (C=S) groups is 1. The van der Waals surface area contributed by atoms with Crippen molar-refractivity contribution in [1.29, 1.82) is 0 Å². The molecule has 5 heteroatoms. The van der Waals surface area contributed by atoms with E-state index in [1.54, 1.807) is 24.3 Å². The smallest absolute Gasteiger partial charge is 0.335 e. The highest BCUT2D eigenvalue weighted by atomic mass is 32.1. The summed E-state index contributed by atoms with van der Waals surface area (Å²) in [6, 6.07) is 16.5. The minimum absolute atomic E-state index is 0.270. The van der Waals surface area contributed by atoms with E-state index < -0.39 is 5.97 Å². The second-order valence-corrected chi connectivity index (χ2v) is 5.54. The van der Waals surface area contributed by atoms with E-state index in [9.17, 15) is 4.79 Å². The van der Waals surface area contributed by atoms with Gasteiger partial charge >= 0.3 is 5.97 Å². The molecule has 120 valence electrons. The number of carboxylic acids is 1. The normalized spacial score (nSPS) is 10.1. The number of rotatable bonds is 6. The minimum atomic E-state index is -0.929. The second-order valence-electron chi connectivity index (χ2n) is 5.15. The van der Waals surface area contributed by atoms with Gasteiger partial charge in [-0.1, -0.05) is 31.5 Å². The molecule has 0 unspecified atom stereocenters. The molecule has 2 rings (SSSR count). The lowest BCUT2D eigenvalue weighted by Gasteiger charge is -2.26. The van der Waals surface area contributed by atoms with Crippen molar-refractivity contribution in [2.75, 3.05) is 16.8 Å². The second kappa shape index (κ2) is 8.29.